The molecule has 0 atom stereocenters. The first-order chi connectivity index (χ1) is 8.49. The Kier molecular flexibility index (Phi) is 4.77. The summed E-state index contributed by atoms with van der Waals surface area (Å²) >= 11 is 0. The molecule has 18 heavy (non-hydrogen) atoms. The molecule has 0 aliphatic carbocycles. The van der Waals surface area contributed by atoms with E-state index in [1.54, 1.807) is 38.5 Å². The van der Waals surface area contributed by atoms with Gasteiger partial charge in [-0.2, -0.15) is 0 Å². The Morgan fingerprint density at radius 3 is 2.28 bits per heavy atom. The lowest BCUT2D eigenvalue weighted by Gasteiger charge is -2.12. The maximum atomic E-state index is 12.0. The Balaban J connectivity index is 3.04. The second kappa shape index (κ2) is 6.10. The minimum Gasteiger partial charge on any atom is -0.493 e. The Hall–Kier alpha value is -1.97. The molecule has 0 N–H and O–H groups in total. The third kappa shape index (κ3) is 3.26. The van der Waals surface area contributed by atoms with E-state index in [2.05, 4.69) is 0 Å². The average Bonchev–Trinajstić information content (AvgIpc) is 2.37. The lowest BCUT2D eigenvalue weighted by molar-refractivity contribution is 0.104. The Morgan fingerprint density at radius 1 is 1.17 bits per heavy atom. The summed E-state index contributed by atoms with van der Waals surface area (Å²) in [6, 6.07) is 5.13. The van der Waals surface area contributed by atoms with Gasteiger partial charge in [0.1, 0.15) is 0 Å². The molecule has 98 valence electrons. The molecule has 1 rings (SSSR count). The highest BCUT2D eigenvalue weighted by atomic mass is 16.5. The van der Waals surface area contributed by atoms with Gasteiger partial charge in [-0.25, -0.2) is 0 Å². The summed E-state index contributed by atoms with van der Waals surface area (Å²) in [6.45, 7) is 1.89. The SMILES string of the molecule is COc1ccc(C(=O)/C=C(/C)N(C)C)cc1OC. The van der Waals surface area contributed by atoms with Crippen LogP contribution in [0.1, 0.15) is 17.3 Å². The zero-order valence-corrected chi connectivity index (χ0v) is 11.5. The first-order valence-electron chi connectivity index (χ1n) is 5.61. The number of rotatable bonds is 5. The first kappa shape index (κ1) is 14.1. The zero-order chi connectivity index (χ0) is 13.7. The van der Waals surface area contributed by atoms with Gasteiger partial charge in [0.25, 0.3) is 0 Å². The van der Waals surface area contributed by atoms with Gasteiger partial charge in [0.15, 0.2) is 17.3 Å². The Morgan fingerprint density at radius 2 is 1.78 bits per heavy atom. The largest absolute Gasteiger partial charge is 0.493 e. The van der Waals surface area contributed by atoms with E-state index < -0.39 is 0 Å². The van der Waals surface area contributed by atoms with Crippen LogP contribution in [-0.2, 0) is 0 Å². The highest BCUT2D eigenvalue weighted by Gasteiger charge is 2.09. The van der Waals surface area contributed by atoms with Crippen LogP contribution in [0.2, 0.25) is 0 Å². The van der Waals surface area contributed by atoms with Gasteiger partial charge in [-0.3, -0.25) is 4.79 Å². The predicted molar refractivity (Wildman–Crippen MR) is 71.3 cm³/mol. The van der Waals surface area contributed by atoms with Crippen LogP contribution in [0.15, 0.2) is 30.0 Å². The molecule has 0 aliphatic heterocycles. The quantitative estimate of drug-likeness (QED) is 0.593. The fraction of sp³-hybridized carbons (Fsp3) is 0.357. The molecule has 0 amide bonds. The molecule has 0 unspecified atom stereocenters. The van der Waals surface area contributed by atoms with E-state index >= 15 is 0 Å². The maximum absolute atomic E-state index is 12.0. The number of ketones is 1. The second-order valence-corrected chi connectivity index (χ2v) is 4.11. The van der Waals surface area contributed by atoms with E-state index in [4.69, 9.17) is 9.47 Å². The third-order valence-corrected chi connectivity index (χ3v) is 2.71. The molecule has 1 aromatic rings. The summed E-state index contributed by atoms with van der Waals surface area (Å²) in [7, 11) is 6.91. The summed E-state index contributed by atoms with van der Waals surface area (Å²) < 4.78 is 10.3. The van der Waals surface area contributed by atoms with Crippen LogP contribution in [0.5, 0.6) is 11.5 Å². The van der Waals surface area contributed by atoms with Gasteiger partial charge >= 0.3 is 0 Å². The number of allylic oxidation sites excluding steroid dienone is 2. The second-order valence-electron chi connectivity index (χ2n) is 4.11. The van der Waals surface area contributed by atoms with Gasteiger partial charge in [-0.05, 0) is 25.1 Å². The van der Waals surface area contributed by atoms with Crippen molar-refractivity contribution in [3.63, 3.8) is 0 Å². The molecule has 0 bridgehead atoms. The molecule has 0 spiro atoms. The third-order valence-electron chi connectivity index (χ3n) is 2.71. The smallest absolute Gasteiger partial charge is 0.187 e. The fourth-order valence-electron chi connectivity index (χ4n) is 1.39. The van der Waals surface area contributed by atoms with Gasteiger partial charge < -0.3 is 14.4 Å². The molecular formula is C14H19NO3. The van der Waals surface area contributed by atoms with E-state index in [-0.39, 0.29) is 5.78 Å². The van der Waals surface area contributed by atoms with Gasteiger partial charge in [-0.15, -0.1) is 0 Å². The van der Waals surface area contributed by atoms with Crippen LogP contribution in [0.3, 0.4) is 0 Å². The van der Waals surface area contributed by atoms with Crippen LogP contribution in [0.25, 0.3) is 0 Å². The van der Waals surface area contributed by atoms with Crippen molar-refractivity contribution in [3.05, 3.63) is 35.5 Å². The van der Waals surface area contributed by atoms with Crippen molar-refractivity contribution in [1.82, 2.24) is 4.90 Å². The summed E-state index contributed by atoms with van der Waals surface area (Å²) in [5.74, 6) is 1.11. The van der Waals surface area contributed by atoms with Crippen molar-refractivity contribution in [2.45, 2.75) is 6.92 Å². The first-order valence-corrected chi connectivity index (χ1v) is 5.61. The molecule has 0 radical (unpaired) electrons. The topological polar surface area (TPSA) is 38.8 Å². The lowest BCUT2D eigenvalue weighted by Crippen LogP contribution is -2.10. The number of nitrogens with zero attached hydrogens (tertiary/aromatic N) is 1. The van der Waals surface area contributed by atoms with Gasteiger partial charge in [0.05, 0.1) is 14.2 Å². The number of hydrogen-bond acceptors (Lipinski definition) is 4. The van der Waals surface area contributed by atoms with Crippen molar-refractivity contribution in [2.24, 2.45) is 0 Å². The molecule has 0 fully saturated rings. The number of hydrogen-bond donors (Lipinski definition) is 0. The van der Waals surface area contributed by atoms with E-state index in [0.717, 1.165) is 5.70 Å². The minimum atomic E-state index is -0.0536. The van der Waals surface area contributed by atoms with Crippen molar-refractivity contribution < 1.29 is 14.3 Å². The van der Waals surface area contributed by atoms with Gasteiger partial charge in [0, 0.05) is 31.4 Å². The number of carbonyl (C=O) groups is 1. The number of benzene rings is 1. The summed E-state index contributed by atoms with van der Waals surface area (Å²) in [4.78, 5) is 13.9. The predicted octanol–water partition coefficient (Wildman–Crippen LogP) is 2.35. The van der Waals surface area contributed by atoms with E-state index in [9.17, 15) is 4.79 Å². The Labute approximate surface area is 108 Å². The molecule has 4 heteroatoms. The zero-order valence-electron chi connectivity index (χ0n) is 11.5. The molecular weight excluding hydrogens is 230 g/mol. The van der Waals surface area contributed by atoms with Crippen molar-refractivity contribution >= 4 is 5.78 Å². The number of carbonyl (C=O) groups excluding carboxylic acids is 1. The highest BCUT2D eigenvalue weighted by Crippen LogP contribution is 2.27. The standard InChI is InChI=1S/C14H19NO3/c1-10(15(2)3)8-12(16)11-6-7-13(17-4)14(9-11)18-5/h6-9H,1-5H3/b10-8-. The average molecular weight is 249 g/mol. The number of methoxy groups -OCH3 is 2. The van der Waals surface area contributed by atoms with Crippen molar-refractivity contribution in [1.29, 1.82) is 0 Å². The minimum absolute atomic E-state index is 0.0536. The van der Waals surface area contributed by atoms with Crippen molar-refractivity contribution in [2.75, 3.05) is 28.3 Å². The summed E-state index contributed by atoms with van der Waals surface area (Å²) in [5, 5.41) is 0. The summed E-state index contributed by atoms with van der Waals surface area (Å²) in [5.41, 5.74) is 1.48. The van der Waals surface area contributed by atoms with Crippen LogP contribution in [0.4, 0.5) is 0 Å². The van der Waals surface area contributed by atoms with Crippen LogP contribution >= 0.6 is 0 Å². The Bertz CT molecular complexity index is 464. The van der Waals surface area contributed by atoms with E-state index in [1.807, 2.05) is 25.9 Å². The highest BCUT2D eigenvalue weighted by molar-refractivity contribution is 6.05. The maximum Gasteiger partial charge on any atom is 0.187 e. The number of ether oxygens (including phenoxy) is 2. The van der Waals surface area contributed by atoms with Crippen LogP contribution < -0.4 is 9.47 Å². The lowest BCUT2D eigenvalue weighted by atomic mass is 10.1. The fourth-order valence-corrected chi connectivity index (χ4v) is 1.39. The van der Waals surface area contributed by atoms with Crippen LogP contribution in [0, 0.1) is 0 Å². The van der Waals surface area contributed by atoms with Crippen molar-refractivity contribution in [3.8, 4) is 11.5 Å². The molecule has 0 saturated carbocycles. The monoisotopic (exact) mass is 249 g/mol. The van der Waals surface area contributed by atoms with Gasteiger partial charge in [0.2, 0.25) is 0 Å². The van der Waals surface area contributed by atoms with Crippen LogP contribution in [-0.4, -0.2) is 39.0 Å². The van der Waals surface area contributed by atoms with E-state index in [1.165, 1.54) is 0 Å². The molecule has 0 saturated heterocycles. The molecule has 0 heterocycles. The summed E-state index contributed by atoms with van der Waals surface area (Å²) in [6.07, 6.45) is 1.60. The normalized spacial score (nSPS) is 11.1. The molecule has 0 aromatic heterocycles. The molecule has 0 aliphatic rings. The van der Waals surface area contributed by atoms with Gasteiger partial charge in [-0.1, -0.05) is 0 Å². The van der Waals surface area contributed by atoms with E-state index in [0.29, 0.717) is 17.1 Å². The molecule has 4 nitrogen and oxygen atoms in total. The molecule has 1 aromatic carbocycles.